The smallest absolute Gasteiger partial charge is 0.263 e. The van der Waals surface area contributed by atoms with Crippen molar-refractivity contribution in [1.82, 2.24) is 25.1 Å². The molecule has 2 aliphatic rings. The summed E-state index contributed by atoms with van der Waals surface area (Å²) in [5, 5.41) is 2.85. The van der Waals surface area contributed by atoms with Crippen molar-refractivity contribution in [3.8, 4) is 0 Å². The first-order valence-electron chi connectivity index (χ1n) is 8.84. The molecule has 0 spiro atoms. The molecular formula is C17H27N5O2. The lowest BCUT2D eigenvalue weighted by molar-refractivity contribution is 0.0933. The summed E-state index contributed by atoms with van der Waals surface area (Å²) in [4.78, 5) is 35.9. The molecule has 3 rings (SSSR count). The molecule has 1 aliphatic heterocycles. The molecule has 0 bridgehead atoms. The van der Waals surface area contributed by atoms with Gasteiger partial charge in [-0.15, -0.1) is 0 Å². The molecule has 7 nitrogen and oxygen atoms in total. The van der Waals surface area contributed by atoms with Crippen molar-refractivity contribution in [3.63, 3.8) is 0 Å². The Morgan fingerprint density at radius 3 is 2.71 bits per heavy atom. The van der Waals surface area contributed by atoms with Gasteiger partial charge in [0.15, 0.2) is 0 Å². The van der Waals surface area contributed by atoms with E-state index in [0.717, 1.165) is 45.4 Å². The highest BCUT2D eigenvalue weighted by Gasteiger charge is 2.26. The highest BCUT2D eigenvalue weighted by atomic mass is 16.2. The van der Waals surface area contributed by atoms with Crippen molar-refractivity contribution in [1.29, 1.82) is 0 Å². The van der Waals surface area contributed by atoms with Crippen LogP contribution in [0.4, 0.5) is 0 Å². The van der Waals surface area contributed by atoms with Crippen LogP contribution < -0.4 is 10.9 Å². The largest absolute Gasteiger partial charge is 0.352 e. The van der Waals surface area contributed by atoms with Crippen molar-refractivity contribution in [2.75, 3.05) is 39.8 Å². The minimum absolute atomic E-state index is 0.103. The van der Waals surface area contributed by atoms with Crippen LogP contribution in [0, 0.1) is 0 Å². The SMILES string of the molecule is CC(CCNC(=O)c1cnc(C2CC2)[nH]c1=O)N1CCN(C)CC1. The lowest BCUT2D eigenvalue weighted by atomic mass is 10.1. The maximum Gasteiger partial charge on any atom is 0.263 e. The van der Waals surface area contributed by atoms with Gasteiger partial charge in [0.25, 0.3) is 11.5 Å². The second-order valence-corrected chi connectivity index (χ2v) is 7.02. The highest BCUT2D eigenvalue weighted by molar-refractivity contribution is 5.93. The lowest BCUT2D eigenvalue weighted by Gasteiger charge is -2.36. The Labute approximate surface area is 142 Å². The van der Waals surface area contributed by atoms with Gasteiger partial charge in [0.2, 0.25) is 0 Å². The molecule has 1 saturated heterocycles. The fourth-order valence-corrected chi connectivity index (χ4v) is 3.07. The van der Waals surface area contributed by atoms with Crippen LogP contribution >= 0.6 is 0 Å². The molecule has 2 N–H and O–H groups in total. The Morgan fingerprint density at radius 1 is 1.38 bits per heavy atom. The van der Waals surface area contributed by atoms with Crippen molar-refractivity contribution in [3.05, 3.63) is 27.9 Å². The highest BCUT2D eigenvalue weighted by Crippen LogP contribution is 2.37. The number of nitrogens with one attached hydrogen (secondary N) is 2. The van der Waals surface area contributed by atoms with E-state index in [2.05, 4.69) is 39.1 Å². The van der Waals surface area contributed by atoms with E-state index in [0.29, 0.717) is 24.3 Å². The number of hydrogen-bond acceptors (Lipinski definition) is 5. The number of nitrogens with zero attached hydrogens (tertiary/aromatic N) is 3. The lowest BCUT2D eigenvalue weighted by Crippen LogP contribution is -2.48. The minimum atomic E-state index is -0.337. The average Bonchev–Trinajstić information content (AvgIpc) is 3.40. The van der Waals surface area contributed by atoms with Crippen LogP contribution in [-0.4, -0.2) is 71.5 Å². The third kappa shape index (κ3) is 4.21. The molecule has 24 heavy (non-hydrogen) atoms. The molecule has 1 aromatic heterocycles. The third-order valence-corrected chi connectivity index (χ3v) is 5.04. The minimum Gasteiger partial charge on any atom is -0.352 e. The van der Waals surface area contributed by atoms with E-state index in [4.69, 9.17) is 0 Å². The molecule has 0 radical (unpaired) electrons. The summed E-state index contributed by atoms with van der Waals surface area (Å²) in [5.74, 6) is 0.746. The topological polar surface area (TPSA) is 81.3 Å². The number of aromatic amines is 1. The predicted octanol–water partition coefficient (Wildman–Crippen LogP) is 0.403. The standard InChI is InChI=1S/C17H27N5O2/c1-12(22-9-7-21(2)8-10-22)5-6-18-16(23)14-11-19-15(13-3-4-13)20-17(14)24/h11-13H,3-10H2,1-2H3,(H,18,23)(H,19,20,24). The molecule has 1 saturated carbocycles. The zero-order valence-electron chi connectivity index (χ0n) is 14.5. The average molecular weight is 333 g/mol. The Hall–Kier alpha value is -1.73. The third-order valence-electron chi connectivity index (χ3n) is 5.04. The molecule has 132 valence electrons. The zero-order valence-corrected chi connectivity index (χ0v) is 14.5. The second-order valence-electron chi connectivity index (χ2n) is 7.02. The van der Waals surface area contributed by atoms with E-state index < -0.39 is 0 Å². The van der Waals surface area contributed by atoms with Crippen LogP contribution in [0.5, 0.6) is 0 Å². The fourth-order valence-electron chi connectivity index (χ4n) is 3.07. The van der Waals surface area contributed by atoms with E-state index in [1.807, 2.05) is 0 Å². The van der Waals surface area contributed by atoms with Gasteiger partial charge in [-0.25, -0.2) is 4.98 Å². The van der Waals surface area contributed by atoms with Crippen LogP contribution in [0.3, 0.4) is 0 Å². The van der Waals surface area contributed by atoms with Crippen LogP contribution in [0.15, 0.2) is 11.0 Å². The van der Waals surface area contributed by atoms with Crippen molar-refractivity contribution < 1.29 is 4.79 Å². The monoisotopic (exact) mass is 333 g/mol. The van der Waals surface area contributed by atoms with E-state index in [9.17, 15) is 9.59 Å². The normalized spacial score (nSPS) is 20.8. The maximum atomic E-state index is 12.2. The molecule has 1 atom stereocenters. The summed E-state index contributed by atoms with van der Waals surface area (Å²) in [6, 6.07) is 0.424. The van der Waals surface area contributed by atoms with Gasteiger partial charge in [-0.2, -0.15) is 0 Å². The van der Waals surface area contributed by atoms with Gasteiger partial charge in [-0.1, -0.05) is 0 Å². The van der Waals surface area contributed by atoms with Gasteiger partial charge >= 0.3 is 0 Å². The number of carbonyl (C=O) groups excluding carboxylic acids is 1. The molecule has 1 aromatic rings. The van der Waals surface area contributed by atoms with Crippen molar-refractivity contribution in [2.45, 2.75) is 38.1 Å². The van der Waals surface area contributed by atoms with Crippen LogP contribution in [0.2, 0.25) is 0 Å². The van der Waals surface area contributed by atoms with Gasteiger partial charge in [0.05, 0.1) is 0 Å². The van der Waals surface area contributed by atoms with E-state index in [1.165, 1.54) is 6.20 Å². The molecular weight excluding hydrogens is 306 g/mol. The summed E-state index contributed by atoms with van der Waals surface area (Å²) in [6.07, 6.45) is 4.42. The molecule has 2 heterocycles. The summed E-state index contributed by atoms with van der Waals surface area (Å²) in [6.45, 7) is 7.07. The summed E-state index contributed by atoms with van der Waals surface area (Å²) in [7, 11) is 2.14. The summed E-state index contributed by atoms with van der Waals surface area (Å²) < 4.78 is 0. The summed E-state index contributed by atoms with van der Waals surface area (Å²) >= 11 is 0. The first-order chi connectivity index (χ1) is 11.5. The number of carbonyl (C=O) groups is 1. The number of aromatic nitrogens is 2. The van der Waals surface area contributed by atoms with Gasteiger partial charge in [-0.05, 0) is 33.2 Å². The number of piperazine rings is 1. The molecule has 1 unspecified atom stereocenters. The molecule has 1 aliphatic carbocycles. The quantitative estimate of drug-likeness (QED) is 0.788. The van der Waals surface area contributed by atoms with Crippen molar-refractivity contribution >= 4 is 5.91 Å². The fraction of sp³-hybridized carbons (Fsp3) is 0.706. The number of hydrogen-bond donors (Lipinski definition) is 2. The van der Waals surface area contributed by atoms with Gasteiger partial charge < -0.3 is 15.2 Å². The first-order valence-corrected chi connectivity index (χ1v) is 8.84. The van der Waals surface area contributed by atoms with E-state index in [1.54, 1.807) is 0 Å². The molecule has 7 heteroatoms. The van der Waals surface area contributed by atoms with Crippen LogP contribution in [0.25, 0.3) is 0 Å². The van der Waals surface area contributed by atoms with E-state index in [-0.39, 0.29) is 17.0 Å². The Balaban J connectivity index is 1.46. The van der Waals surface area contributed by atoms with E-state index >= 15 is 0 Å². The molecule has 1 amide bonds. The predicted molar refractivity (Wildman–Crippen MR) is 92.3 cm³/mol. The number of H-pyrrole nitrogens is 1. The Bertz CT molecular complexity index is 632. The van der Waals surface area contributed by atoms with Crippen LogP contribution in [-0.2, 0) is 0 Å². The second kappa shape index (κ2) is 7.44. The molecule has 2 fully saturated rings. The van der Waals surface area contributed by atoms with Crippen LogP contribution in [0.1, 0.15) is 48.3 Å². The Kier molecular flexibility index (Phi) is 5.30. The maximum absolute atomic E-state index is 12.2. The number of amides is 1. The van der Waals surface area contributed by atoms with Gasteiger partial charge in [-0.3, -0.25) is 14.5 Å². The molecule has 0 aromatic carbocycles. The van der Waals surface area contributed by atoms with Gasteiger partial charge in [0.1, 0.15) is 11.4 Å². The van der Waals surface area contributed by atoms with Crippen molar-refractivity contribution in [2.24, 2.45) is 0 Å². The number of rotatable bonds is 6. The zero-order chi connectivity index (χ0) is 17.1. The van der Waals surface area contributed by atoms with Gasteiger partial charge in [0, 0.05) is 50.9 Å². The summed E-state index contributed by atoms with van der Waals surface area (Å²) in [5.41, 5.74) is -0.233. The first kappa shape index (κ1) is 17.1. The number of likely N-dealkylation sites (N-methyl/N-ethyl adjacent to an activating group) is 1. The Morgan fingerprint density at radius 2 is 2.08 bits per heavy atom.